The molecule has 0 fully saturated rings. The van der Waals surface area contributed by atoms with Gasteiger partial charge in [0.15, 0.2) is 0 Å². The minimum absolute atomic E-state index is 0.0889. The van der Waals surface area contributed by atoms with Gasteiger partial charge in [-0.15, -0.1) is 11.3 Å². The van der Waals surface area contributed by atoms with Crippen LogP contribution in [0, 0.1) is 0 Å². The summed E-state index contributed by atoms with van der Waals surface area (Å²) in [5.74, 6) is -0.0889. The number of nitrogens with zero attached hydrogens (tertiary/aromatic N) is 2. The molecule has 20 heavy (non-hydrogen) atoms. The average Bonchev–Trinajstić information content (AvgIpc) is 3.02. The van der Waals surface area contributed by atoms with Crippen molar-refractivity contribution in [2.24, 2.45) is 5.10 Å². The highest BCUT2D eigenvalue weighted by molar-refractivity contribution is 9.10. The van der Waals surface area contributed by atoms with E-state index < -0.39 is 0 Å². The van der Waals surface area contributed by atoms with E-state index in [1.807, 2.05) is 54.8 Å². The standard InChI is InChI=1S/C15H11BrN2OS/c1-10-14(9-13-6-3-7-20-13)15(19)18(17-10)12-5-2-4-11(16)8-12/h2-9H,1H3. The molecule has 5 heteroatoms. The number of hydrazone groups is 1. The molecule has 100 valence electrons. The first-order valence-electron chi connectivity index (χ1n) is 6.06. The van der Waals surface area contributed by atoms with Crippen molar-refractivity contribution in [2.45, 2.75) is 6.92 Å². The molecule has 1 aromatic heterocycles. The van der Waals surface area contributed by atoms with Crippen molar-refractivity contribution in [1.82, 2.24) is 0 Å². The summed E-state index contributed by atoms with van der Waals surface area (Å²) in [6.07, 6.45) is 1.89. The van der Waals surface area contributed by atoms with Crippen molar-refractivity contribution in [3.8, 4) is 0 Å². The molecule has 1 amide bonds. The minimum Gasteiger partial charge on any atom is -0.267 e. The first kappa shape index (κ1) is 13.3. The molecular formula is C15H11BrN2OS. The van der Waals surface area contributed by atoms with E-state index in [9.17, 15) is 4.79 Å². The summed E-state index contributed by atoms with van der Waals surface area (Å²) in [5.41, 5.74) is 2.15. The van der Waals surface area contributed by atoms with Crippen LogP contribution >= 0.6 is 27.3 Å². The molecule has 3 nitrogen and oxygen atoms in total. The van der Waals surface area contributed by atoms with E-state index in [1.54, 1.807) is 11.3 Å². The number of rotatable bonds is 2. The molecule has 0 atom stereocenters. The SMILES string of the molecule is CC1=NN(c2cccc(Br)c2)C(=O)C1=Cc1cccs1. The Balaban J connectivity index is 1.97. The zero-order chi connectivity index (χ0) is 14.1. The van der Waals surface area contributed by atoms with Crippen LogP contribution in [0.1, 0.15) is 11.8 Å². The van der Waals surface area contributed by atoms with Crippen LogP contribution in [0.2, 0.25) is 0 Å². The Morgan fingerprint density at radius 3 is 2.85 bits per heavy atom. The highest BCUT2D eigenvalue weighted by Crippen LogP contribution is 2.27. The maximum Gasteiger partial charge on any atom is 0.280 e. The third-order valence-electron chi connectivity index (χ3n) is 2.95. The fraction of sp³-hybridized carbons (Fsp3) is 0.0667. The van der Waals surface area contributed by atoms with Gasteiger partial charge in [0.05, 0.1) is 17.0 Å². The van der Waals surface area contributed by atoms with E-state index in [0.29, 0.717) is 5.57 Å². The quantitative estimate of drug-likeness (QED) is 0.745. The van der Waals surface area contributed by atoms with Gasteiger partial charge in [-0.1, -0.05) is 28.1 Å². The van der Waals surface area contributed by atoms with Crippen molar-refractivity contribution in [2.75, 3.05) is 5.01 Å². The molecule has 0 saturated carbocycles. The monoisotopic (exact) mass is 346 g/mol. The van der Waals surface area contributed by atoms with Crippen molar-refractivity contribution in [3.63, 3.8) is 0 Å². The molecule has 0 aliphatic carbocycles. The molecule has 0 saturated heterocycles. The van der Waals surface area contributed by atoms with Crippen molar-refractivity contribution < 1.29 is 4.79 Å². The maximum atomic E-state index is 12.5. The minimum atomic E-state index is -0.0889. The Morgan fingerprint density at radius 2 is 2.15 bits per heavy atom. The van der Waals surface area contributed by atoms with Gasteiger partial charge in [-0.2, -0.15) is 10.1 Å². The van der Waals surface area contributed by atoms with Crippen LogP contribution in [0.15, 0.2) is 56.9 Å². The molecule has 1 aliphatic rings. The predicted octanol–water partition coefficient (Wildman–Crippen LogP) is 4.32. The van der Waals surface area contributed by atoms with Crippen LogP contribution in [0.5, 0.6) is 0 Å². The summed E-state index contributed by atoms with van der Waals surface area (Å²) in [7, 11) is 0. The molecule has 0 bridgehead atoms. The largest absolute Gasteiger partial charge is 0.280 e. The highest BCUT2D eigenvalue weighted by Gasteiger charge is 2.28. The van der Waals surface area contributed by atoms with E-state index in [0.717, 1.165) is 20.7 Å². The Morgan fingerprint density at radius 1 is 1.30 bits per heavy atom. The zero-order valence-electron chi connectivity index (χ0n) is 10.7. The second-order valence-electron chi connectivity index (χ2n) is 4.36. The first-order chi connectivity index (χ1) is 9.65. The molecule has 0 unspecified atom stereocenters. The Hall–Kier alpha value is -1.72. The molecule has 3 rings (SSSR count). The number of halogens is 1. The zero-order valence-corrected chi connectivity index (χ0v) is 13.1. The number of carbonyl (C=O) groups excluding carboxylic acids is 1. The number of hydrogen-bond acceptors (Lipinski definition) is 3. The van der Waals surface area contributed by atoms with Gasteiger partial charge in [-0.3, -0.25) is 4.79 Å². The fourth-order valence-corrected chi connectivity index (χ4v) is 3.03. The predicted molar refractivity (Wildman–Crippen MR) is 87.0 cm³/mol. The van der Waals surface area contributed by atoms with Gasteiger partial charge in [-0.25, -0.2) is 0 Å². The molecular weight excluding hydrogens is 336 g/mol. The summed E-state index contributed by atoms with van der Waals surface area (Å²) in [5, 5.41) is 7.79. The Kier molecular flexibility index (Phi) is 3.54. The molecule has 2 heterocycles. The van der Waals surface area contributed by atoms with E-state index in [1.165, 1.54) is 5.01 Å². The maximum absolute atomic E-state index is 12.5. The molecule has 0 radical (unpaired) electrons. The smallest absolute Gasteiger partial charge is 0.267 e. The lowest BCUT2D eigenvalue weighted by Gasteiger charge is -2.11. The van der Waals surface area contributed by atoms with Gasteiger partial charge in [0.2, 0.25) is 0 Å². The van der Waals surface area contributed by atoms with Crippen molar-refractivity contribution in [3.05, 3.63) is 56.7 Å². The molecule has 1 aromatic carbocycles. The van der Waals surface area contributed by atoms with Gasteiger partial charge < -0.3 is 0 Å². The number of amides is 1. The average molecular weight is 347 g/mol. The van der Waals surface area contributed by atoms with Gasteiger partial charge in [-0.05, 0) is 42.6 Å². The summed E-state index contributed by atoms with van der Waals surface area (Å²) in [6.45, 7) is 1.86. The van der Waals surface area contributed by atoms with Gasteiger partial charge in [0, 0.05) is 9.35 Å². The lowest BCUT2D eigenvalue weighted by atomic mass is 10.1. The van der Waals surface area contributed by atoms with Gasteiger partial charge in [0.25, 0.3) is 5.91 Å². The first-order valence-corrected chi connectivity index (χ1v) is 7.73. The number of thiophene rings is 1. The molecule has 1 aliphatic heterocycles. The third kappa shape index (κ3) is 2.46. The summed E-state index contributed by atoms with van der Waals surface area (Å²) in [6, 6.07) is 11.5. The second kappa shape index (κ2) is 5.34. The highest BCUT2D eigenvalue weighted by atomic mass is 79.9. The van der Waals surface area contributed by atoms with E-state index in [-0.39, 0.29) is 5.91 Å². The number of anilines is 1. The van der Waals surface area contributed by atoms with E-state index in [2.05, 4.69) is 21.0 Å². The summed E-state index contributed by atoms with van der Waals surface area (Å²) >= 11 is 5.01. The van der Waals surface area contributed by atoms with E-state index >= 15 is 0 Å². The van der Waals surface area contributed by atoms with Crippen LogP contribution in [-0.2, 0) is 4.79 Å². The Bertz CT molecular complexity index is 719. The second-order valence-corrected chi connectivity index (χ2v) is 6.25. The summed E-state index contributed by atoms with van der Waals surface area (Å²) in [4.78, 5) is 13.5. The lowest BCUT2D eigenvalue weighted by Crippen LogP contribution is -2.21. The van der Waals surface area contributed by atoms with Crippen LogP contribution in [0.25, 0.3) is 6.08 Å². The Labute approximate surface area is 129 Å². The normalized spacial score (nSPS) is 16.9. The van der Waals surface area contributed by atoms with E-state index in [4.69, 9.17) is 0 Å². The van der Waals surface area contributed by atoms with Crippen LogP contribution in [-0.4, -0.2) is 11.6 Å². The number of hydrogen-bond donors (Lipinski definition) is 0. The van der Waals surface area contributed by atoms with Gasteiger partial charge in [0.1, 0.15) is 0 Å². The van der Waals surface area contributed by atoms with Crippen LogP contribution in [0.3, 0.4) is 0 Å². The van der Waals surface area contributed by atoms with Crippen LogP contribution in [0.4, 0.5) is 5.69 Å². The number of benzene rings is 1. The van der Waals surface area contributed by atoms with Crippen LogP contribution < -0.4 is 5.01 Å². The summed E-state index contributed by atoms with van der Waals surface area (Å²) < 4.78 is 0.923. The van der Waals surface area contributed by atoms with Gasteiger partial charge >= 0.3 is 0 Å². The molecule has 0 N–H and O–H groups in total. The number of carbonyl (C=O) groups is 1. The third-order valence-corrected chi connectivity index (χ3v) is 4.26. The molecule has 0 spiro atoms. The van der Waals surface area contributed by atoms with Crippen molar-refractivity contribution >= 4 is 50.6 Å². The molecule has 2 aromatic rings. The van der Waals surface area contributed by atoms with Crippen molar-refractivity contribution in [1.29, 1.82) is 0 Å². The fourth-order valence-electron chi connectivity index (χ4n) is 1.98. The lowest BCUT2D eigenvalue weighted by molar-refractivity contribution is -0.114. The topological polar surface area (TPSA) is 32.7 Å².